The Balaban J connectivity index is 1.70. The predicted molar refractivity (Wildman–Crippen MR) is 135 cm³/mol. The number of alkyl halides is 3. The van der Waals surface area contributed by atoms with E-state index >= 15 is 0 Å². The third kappa shape index (κ3) is 4.08. The number of para-hydroxylation sites is 2. The van der Waals surface area contributed by atoms with Crippen LogP contribution in [0.25, 0.3) is 5.69 Å². The van der Waals surface area contributed by atoms with Crippen LogP contribution in [0.1, 0.15) is 40.3 Å². The summed E-state index contributed by atoms with van der Waals surface area (Å²) in [5.41, 5.74) is 3.45. The van der Waals surface area contributed by atoms with Crippen molar-refractivity contribution < 1.29 is 13.2 Å². The van der Waals surface area contributed by atoms with Gasteiger partial charge in [0.2, 0.25) is 0 Å². The van der Waals surface area contributed by atoms with Gasteiger partial charge in [0.05, 0.1) is 29.0 Å². The molecule has 0 unspecified atom stereocenters. The average Bonchev–Trinajstić information content (AvgIpc) is 3.34. The minimum Gasteiger partial charge on any atom is -0.351 e. The van der Waals surface area contributed by atoms with Gasteiger partial charge in [0.15, 0.2) is 5.11 Å². The lowest BCUT2D eigenvalue weighted by atomic mass is 9.96. The van der Waals surface area contributed by atoms with E-state index in [4.69, 9.17) is 12.2 Å². The van der Waals surface area contributed by atoms with E-state index in [0.29, 0.717) is 10.8 Å². The van der Waals surface area contributed by atoms with E-state index in [0.717, 1.165) is 28.7 Å². The highest BCUT2D eigenvalue weighted by molar-refractivity contribution is 7.80. The SMILES string of the molecule is Cc1cc([C@H]2[C@@H](c3ccccn3)NC(=S)N2c2ccccc2)c(C)n1-c1ccccc1C(F)(F)F. The fraction of sp³-hybridized carbons (Fsp3) is 0.185. The summed E-state index contributed by atoms with van der Waals surface area (Å²) in [4.78, 5) is 6.58. The van der Waals surface area contributed by atoms with Crippen molar-refractivity contribution in [3.63, 3.8) is 0 Å². The van der Waals surface area contributed by atoms with Crippen molar-refractivity contribution in [3.8, 4) is 5.69 Å². The summed E-state index contributed by atoms with van der Waals surface area (Å²) in [5.74, 6) is 0. The van der Waals surface area contributed by atoms with Gasteiger partial charge in [-0.15, -0.1) is 0 Å². The number of nitrogens with zero attached hydrogens (tertiary/aromatic N) is 3. The highest BCUT2D eigenvalue weighted by Gasteiger charge is 2.42. The van der Waals surface area contributed by atoms with Gasteiger partial charge in [0, 0.05) is 23.3 Å². The lowest BCUT2D eigenvalue weighted by Crippen LogP contribution is -2.29. The lowest BCUT2D eigenvalue weighted by Gasteiger charge is -2.28. The Hall–Kier alpha value is -3.65. The van der Waals surface area contributed by atoms with E-state index in [1.807, 2.05) is 73.3 Å². The number of hydrogen-bond acceptors (Lipinski definition) is 2. The molecule has 0 aliphatic carbocycles. The van der Waals surface area contributed by atoms with E-state index in [-0.39, 0.29) is 17.8 Å². The highest BCUT2D eigenvalue weighted by atomic mass is 32.1. The van der Waals surface area contributed by atoms with E-state index in [2.05, 4.69) is 10.3 Å². The van der Waals surface area contributed by atoms with Crippen LogP contribution in [0.3, 0.4) is 0 Å². The number of pyridine rings is 1. The number of aromatic nitrogens is 2. The topological polar surface area (TPSA) is 33.1 Å². The maximum atomic E-state index is 13.9. The van der Waals surface area contributed by atoms with E-state index in [1.165, 1.54) is 12.1 Å². The molecule has 0 saturated carbocycles. The Labute approximate surface area is 207 Å². The van der Waals surface area contributed by atoms with Crippen molar-refractivity contribution in [2.24, 2.45) is 0 Å². The van der Waals surface area contributed by atoms with E-state index < -0.39 is 11.7 Å². The van der Waals surface area contributed by atoms with Crippen LogP contribution < -0.4 is 10.2 Å². The molecule has 2 atom stereocenters. The second-order valence-corrected chi connectivity index (χ2v) is 8.90. The van der Waals surface area contributed by atoms with Crippen LogP contribution in [-0.4, -0.2) is 14.7 Å². The Morgan fingerprint density at radius 2 is 1.60 bits per heavy atom. The number of rotatable bonds is 4. The summed E-state index contributed by atoms with van der Waals surface area (Å²) < 4.78 is 43.3. The van der Waals surface area contributed by atoms with E-state index in [1.54, 1.807) is 16.8 Å². The molecule has 1 aliphatic heterocycles. The van der Waals surface area contributed by atoms with Crippen LogP contribution >= 0.6 is 12.2 Å². The van der Waals surface area contributed by atoms with Gasteiger partial charge in [-0.3, -0.25) is 4.98 Å². The first-order valence-corrected chi connectivity index (χ1v) is 11.6. The zero-order valence-electron chi connectivity index (χ0n) is 19.1. The molecule has 2 aromatic carbocycles. The maximum absolute atomic E-state index is 13.9. The fourth-order valence-corrected chi connectivity index (χ4v) is 5.25. The number of hydrogen-bond donors (Lipinski definition) is 1. The third-order valence-corrected chi connectivity index (χ3v) is 6.69. The number of nitrogens with one attached hydrogen (secondary N) is 1. The normalized spacial score (nSPS) is 18.1. The van der Waals surface area contributed by atoms with Gasteiger partial charge in [0.25, 0.3) is 0 Å². The Morgan fingerprint density at radius 1 is 0.914 bits per heavy atom. The van der Waals surface area contributed by atoms with Gasteiger partial charge in [-0.25, -0.2) is 0 Å². The molecule has 178 valence electrons. The second kappa shape index (κ2) is 8.85. The summed E-state index contributed by atoms with van der Waals surface area (Å²) in [5, 5.41) is 3.94. The van der Waals surface area contributed by atoms with Crippen molar-refractivity contribution in [1.29, 1.82) is 0 Å². The Kier molecular flexibility index (Phi) is 5.84. The van der Waals surface area contributed by atoms with Crippen molar-refractivity contribution in [3.05, 3.63) is 113 Å². The minimum atomic E-state index is -4.47. The van der Waals surface area contributed by atoms with Gasteiger partial charge in [0.1, 0.15) is 0 Å². The van der Waals surface area contributed by atoms with Crippen LogP contribution in [-0.2, 0) is 6.18 Å². The fourth-order valence-electron chi connectivity index (χ4n) is 4.90. The minimum absolute atomic E-state index is 0.107. The molecular weight excluding hydrogens is 469 g/mol. The number of halogens is 3. The van der Waals surface area contributed by atoms with Crippen LogP contribution in [0.15, 0.2) is 85.1 Å². The molecule has 0 amide bonds. The van der Waals surface area contributed by atoms with Crippen LogP contribution in [0, 0.1) is 13.8 Å². The van der Waals surface area contributed by atoms with Crippen molar-refractivity contribution in [2.75, 3.05) is 4.90 Å². The first-order valence-electron chi connectivity index (χ1n) is 11.2. The molecule has 1 fully saturated rings. The molecule has 0 bridgehead atoms. The first kappa shape index (κ1) is 23.1. The van der Waals surface area contributed by atoms with Crippen molar-refractivity contribution in [1.82, 2.24) is 14.9 Å². The molecule has 1 N–H and O–H groups in total. The first-order chi connectivity index (χ1) is 16.8. The number of aryl methyl sites for hydroxylation is 1. The maximum Gasteiger partial charge on any atom is 0.418 e. The summed E-state index contributed by atoms with van der Waals surface area (Å²) in [6, 6.07) is 22.5. The van der Waals surface area contributed by atoms with Gasteiger partial charge in [-0.1, -0.05) is 36.4 Å². The van der Waals surface area contributed by atoms with Gasteiger partial charge >= 0.3 is 6.18 Å². The van der Waals surface area contributed by atoms with Crippen LogP contribution in [0.4, 0.5) is 18.9 Å². The molecule has 5 rings (SSSR count). The molecule has 0 radical (unpaired) electrons. The smallest absolute Gasteiger partial charge is 0.351 e. The highest BCUT2D eigenvalue weighted by Crippen LogP contribution is 2.44. The standard InChI is InChI=1S/C27H23F3N4S/c1-17-16-20(18(2)33(17)23-14-7-6-12-21(23)27(28,29)30)25-24(22-13-8-9-15-31-22)32-26(35)34(25)19-10-4-3-5-11-19/h3-16,24-25H,1-2H3,(H,32,35)/t24-,25+/m1/s1. The molecule has 1 aliphatic rings. The molecule has 4 nitrogen and oxygen atoms in total. The third-order valence-electron chi connectivity index (χ3n) is 6.37. The van der Waals surface area contributed by atoms with Crippen LogP contribution in [0.2, 0.25) is 0 Å². The number of benzene rings is 2. The van der Waals surface area contributed by atoms with Gasteiger partial charge in [-0.2, -0.15) is 13.2 Å². The molecule has 3 heterocycles. The second-order valence-electron chi connectivity index (χ2n) is 8.51. The molecule has 4 aromatic rings. The lowest BCUT2D eigenvalue weighted by molar-refractivity contribution is -0.137. The summed E-state index contributed by atoms with van der Waals surface area (Å²) in [6.07, 6.45) is -2.74. The van der Waals surface area contributed by atoms with Crippen LogP contribution in [0.5, 0.6) is 0 Å². The monoisotopic (exact) mass is 492 g/mol. The van der Waals surface area contributed by atoms with E-state index in [9.17, 15) is 13.2 Å². The molecule has 2 aromatic heterocycles. The summed E-state index contributed by atoms with van der Waals surface area (Å²) >= 11 is 5.75. The van der Waals surface area contributed by atoms with Gasteiger partial charge in [-0.05, 0) is 74.1 Å². The average molecular weight is 493 g/mol. The van der Waals surface area contributed by atoms with Gasteiger partial charge < -0.3 is 14.8 Å². The zero-order valence-corrected chi connectivity index (χ0v) is 19.9. The summed E-state index contributed by atoms with van der Waals surface area (Å²) in [6.45, 7) is 3.68. The molecule has 0 spiro atoms. The number of anilines is 1. The largest absolute Gasteiger partial charge is 0.418 e. The molecule has 8 heteroatoms. The summed E-state index contributed by atoms with van der Waals surface area (Å²) in [7, 11) is 0. The molecule has 1 saturated heterocycles. The Bertz CT molecular complexity index is 1370. The number of thiocarbonyl (C=S) groups is 1. The van der Waals surface area contributed by atoms with Crippen molar-refractivity contribution >= 4 is 23.0 Å². The molecular formula is C27H23F3N4S. The Morgan fingerprint density at radius 3 is 2.29 bits per heavy atom. The predicted octanol–water partition coefficient (Wildman–Crippen LogP) is 6.69. The molecule has 35 heavy (non-hydrogen) atoms. The quantitative estimate of drug-likeness (QED) is 0.322. The zero-order chi connectivity index (χ0) is 24.7. The van der Waals surface area contributed by atoms with Crippen molar-refractivity contribution in [2.45, 2.75) is 32.1 Å².